The molecule has 1 heterocycles. The van der Waals surface area contributed by atoms with Crippen molar-refractivity contribution in [1.82, 2.24) is 4.90 Å². The molecule has 1 saturated heterocycles. The zero-order valence-electron chi connectivity index (χ0n) is 12.6. The Hall–Kier alpha value is -1.39. The van der Waals surface area contributed by atoms with Gasteiger partial charge in [0.05, 0.1) is 5.60 Å². The smallest absolute Gasteiger partial charge is 0.329 e. The molecule has 4 heteroatoms. The second kappa shape index (κ2) is 5.54. The lowest BCUT2D eigenvalue weighted by molar-refractivity contribution is -0.169. The molecular weight excluding hydrogens is 254 g/mol. The van der Waals surface area contributed by atoms with Crippen molar-refractivity contribution < 1.29 is 14.6 Å². The van der Waals surface area contributed by atoms with Crippen molar-refractivity contribution >= 4 is 5.97 Å². The largest absolute Gasteiger partial charge is 0.480 e. The topological polar surface area (TPSA) is 49.8 Å². The van der Waals surface area contributed by atoms with Crippen LogP contribution < -0.4 is 0 Å². The van der Waals surface area contributed by atoms with Gasteiger partial charge in [0, 0.05) is 19.1 Å². The van der Waals surface area contributed by atoms with Crippen LogP contribution in [0.3, 0.4) is 0 Å². The zero-order chi connectivity index (χ0) is 14.9. The standard InChI is InChI=1S/C16H23NO3/c1-11-5-6-14(7-12(11)2)13(3)17-9-16(4,10-17)20-8-15(18)19/h5-7,13H,8-10H2,1-4H3,(H,18,19). The summed E-state index contributed by atoms with van der Waals surface area (Å²) in [5.41, 5.74) is 3.58. The van der Waals surface area contributed by atoms with E-state index < -0.39 is 5.97 Å². The van der Waals surface area contributed by atoms with Crippen molar-refractivity contribution in [2.24, 2.45) is 0 Å². The number of carboxylic acids is 1. The van der Waals surface area contributed by atoms with Crippen molar-refractivity contribution in [2.75, 3.05) is 19.7 Å². The first-order chi connectivity index (χ1) is 9.31. The van der Waals surface area contributed by atoms with Crippen LogP contribution in [-0.2, 0) is 9.53 Å². The highest BCUT2D eigenvalue weighted by atomic mass is 16.5. The highest BCUT2D eigenvalue weighted by Crippen LogP contribution is 2.33. The molecule has 1 aromatic rings. The van der Waals surface area contributed by atoms with Crippen LogP contribution in [0.2, 0.25) is 0 Å². The second-order valence-corrected chi connectivity index (χ2v) is 6.06. The fourth-order valence-corrected chi connectivity index (χ4v) is 2.65. The van der Waals surface area contributed by atoms with Crippen molar-refractivity contribution in [3.63, 3.8) is 0 Å². The lowest BCUT2D eigenvalue weighted by Crippen LogP contribution is -2.62. The van der Waals surface area contributed by atoms with Crippen molar-refractivity contribution in [3.05, 3.63) is 34.9 Å². The molecule has 2 rings (SSSR count). The molecule has 0 saturated carbocycles. The first-order valence-corrected chi connectivity index (χ1v) is 6.98. The molecule has 0 radical (unpaired) electrons. The molecule has 1 aromatic carbocycles. The first-order valence-electron chi connectivity index (χ1n) is 6.98. The molecule has 1 fully saturated rings. The van der Waals surface area contributed by atoms with Gasteiger partial charge in [-0.1, -0.05) is 18.2 Å². The van der Waals surface area contributed by atoms with Gasteiger partial charge in [-0.25, -0.2) is 4.79 Å². The normalized spacial score (nSPS) is 19.4. The average Bonchev–Trinajstić information content (AvgIpc) is 2.35. The van der Waals surface area contributed by atoms with Gasteiger partial charge in [0.1, 0.15) is 6.61 Å². The summed E-state index contributed by atoms with van der Waals surface area (Å²) in [4.78, 5) is 12.9. The number of rotatable bonds is 5. The molecule has 1 N–H and O–H groups in total. The quantitative estimate of drug-likeness (QED) is 0.898. The summed E-state index contributed by atoms with van der Waals surface area (Å²) in [5.74, 6) is -0.910. The number of carboxylic acid groups (broad SMARTS) is 1. The first kappa shape index (κ1) is 15.0. The van der Waals surface area contributed by atoms with Crippen LogP contribution in [0, 0.1) is 13.8 Å². The molecule has 4 nitrogen and oxygen atoms in total. The molecule has 0 bridgehead atoms. The van der Waals surface area contributed by atoms with Gasteiger partial charge >= 0.3 is 5.97 Å². The van der Waals surface area contributed by atoms with E-state index in [-0.39, 0.29) is 12.2 Å². The number of ether oxygens (including phenoxy) is 1. The zero-order valence-corrected chi connectivity index (χ0v) is 12.6. The van der Waals surface area contributed by atoms with E-state index in [4.69, 9.17) is 9.84 Å². The van der Waals surface area contributed by atoms with Crippen LogP contribution in [-0.4, -0.2) is 41.3 Å². The minimum atomic E-state index is -0.910. The SMILES string of the molecule is Cc1ccc(C(C)N2CC(C)(OCC(=O)O)C2)cc1C. The van der Waals surface area contributed by atoms with Gasteiger partial charge in [-0.15, -0.1) is 0 Å². The van der Waals surface area contributed by atoms with E-state index >= 15 is 0 Å². The van der Waals surface area contributed by atoms with E-state index in [1.165, 1.54) is 16.7 Å². The van der Waals surface area contributed by atoms with Crippen LogP contribution in [0.4, 0.5) is 0 Å². The highest BCUT2D eigenvalue weighted by molar-refractivity contribution is 5.68. The Morgan fingerprint density at radius 2 is 2.05 bits per heavy atom. The summed E-state index contributed by atoms with van der Waals surface area (Å²) in [5, 5.41) is 8.67. The predicted molar refractivity (Wildman–Crippen MR) is 77.9 cm³/mol. The van der Waals surface area contributed by atoms with Crippen LogP contribution >= 0.6 is 0 Å². The van der Waals surface area contributed by atoms with Crippen molar-refractivity contribution in [2.45, 2.75) is 39.3 Å². The third-order valence-electron chi connectivity index (χ3n) is 4.18. The minimum absolute atomic E-state index is 0.220. The number of likely N-dealkylation sites (tertiary alicyclic amines) is 1. The number of nitrogens with zero attached hydrogens (tertiary/aromatic N) is 1. The Morgan fingerprint density at radius 3 is 2.60 bits per heavy atom. The van der Waals surface area contributed by atoms with E-state index in [9.17, 15) is 4.79 Å². The highest BCUT2D eigenvalue weighted by Gasteiger charge is 2.42. The monoisotopic (exact) mass is 277 g/mol. The van der Waals surface area contributed by atoms with Gasteiger partial charge in [-0.05, 0) is 44.4 Å². The van der Waals surface area contributed by atoms with Crippen molar-refractivity contribution in [1.29, 1.82) is 0 Å². The maximum atomic E-state index is 10.6. The van der Waals surface area contributed by atoms with Gasteiger partial charge < -0.3 is 9.84 Å². The lowest BCUT2D eigenvalue weighted by atomic mass is 9.91. The predicted octanol–water partition coefficient (Wildman–Crippen LogP) is 2.54. The number of hydrogen-bond acceptors (Lipinski definition) is 3. The molecule has 1 atom stereocenters. The summed E-state index contributed by atoms with van der Waals surface area (Å²) >= 11 is 0. The van der Waals surface area contributed by atoms with Gasteiger partial charge in [0.2, 0.25) is 0 Å². The van der Waals surface area contributed by atoms with Crippen molar-refractivity contribution in [3.8, 4) is 0 Å². The Morgan fingerprint density at radius 1 is 1.40 bits per heavy atom. The molecule has 1 unspecified atom stereocenters. The number of aryl methyl sites for hydroxylation is 2. The summed E-state index contributed by atoms with van der Waals surface area (Å²) in [7, 11) is 0. The van der Waals surface area contributed by atoms with E-state index in [1.54, 1.807) is 0 Å². The number of benzene rings is 1. The fourth-order valence-electron chi connectivity index (χ4n) is 2.65. The Kier molecular flexibility index (Phi) is 4.16. The van der Waals surface area contributed by atoms with Crippen LogP contribution in [0.25, 0.3) is 0 Å². The van der Waals surface area contributed by atoms with E-state index in [0.29, 0.717) is 6.04 Å². The van der Waals surface area contributed by atoms with Crippen LogP contribution in [0.5, 0.6) is 0 Å². The summed E-state index contributed by atoms with van der Waals surface area (Å²) in [6, 6.07) is 6.88. The second-order valence-electron chi connectivity index (χ2n) is 6.06. The molecule has 20 heavy (non-hydrogen) atoms. The number of hydrogen-bond donors (Lipinski definition) is 1. The molecule has 0 spiro atoms. The Bertz CT molecular complexity index is 506. The molecule has 1 aliphatic heterocycles. The van der Waals surface area contributed by atoms with Gasteiger partial charge in [0.25, 0.3) is 0 Å². The lowest BCUT2D eigenvalue weighted by Gasteiger charge is -2.50. The molecule has 0 aliphatic carbocycles. The molecule has 0 aromatic heterocycles. The van der Waals surface area contributed by atoms with Crippen LogP contribution in [0.1, 0.15) is 36.6 Å². The van der Waals surface area contributed by atoms with E-state index in [1.807, 2.05) is 6.92 Å². The third kappa shape index (κ3) is 3.19. The fraction of sp³-hybridized carbons (Fsp3) is 0.562. The minimum Gasteiger partial charge on any atom is -0.480 e. The number of aliphatic carboxylic acids is 1. The molecular formula is C16H23NO3. The average molecular weight is 277 g/mol. The maximum Gasteiger partial charge on any atom is 0.329 e. The van der Waals surface area contributed by atoms with E-state index in [0.717, 1.165) is 13.1 Å². The van der Waals surface area contributed by atoms with E-state index in [2.05, 4.69) is 43.9 Å². The van der Waals surface area contributed by atoms with Gasteiger partial charge in [-0.3, -0.25) is 4.90 Å². The summed E-state index contributed by atoms with van der Waals surface area (Å²) in [6.07, 6.45) is 0. The summed E-state index contributed by atoms with van der Waals surface area (Å²) in [6.45, 7) is 9.72. The molecule has 0 amide bonds. The van der Waals surface area contributed by atoms with Gasteiger partial charge in [-0.2, -0.15) is 0 Å². The molecule has 110 valence electrons. The Labute approximate surface area is 120 Å². The number of carbonyl (C=O) groups is 1. The molecule has 1 aliphatic rings. The Balaban J connectivity index is 1.94. The third-order valence-corrected chi connectivity index (χ3v) is 4.18. The van der Waals surface area contributed by atoms with Crippen LogP contribution in [0.15, 0.2) is 18.2 Å². The van der Waals surface area contributed by atoms with Gasteiger partial charge in [0.15, 0.2) is 0 Å². The summed E-state index contributed by atoms with van der Waals surface area (Å²) < 4.78 is 5.44. The maximum absolute atomic E-state index is 10.6.